The molecule has 1 aromatic carbocycles. The number of hydrogen-bond donors (Lipinski definition) is 1. The zero-order chi connectivity index (χ0) is 21.0. The smallest absolute Gasteiger partial charge is 0.244 e. The fourth-order valence-electron chi connectivity index (χ4n) is 3.38. The summed E-state index contributed by atoms with van der Waals surface area (Å²) in [5.74, 6) is 0.381. The van der Waals surface area contributed by atoms with Crippen LogP contribution in [0, 0.1) is 13.8 Å². The molecule has 1 saturated heterocycles. The number of carbonyl (C=O) groups excluding carboxylic acids is 1. The van der Waals surface area contributed by atoms with Gasteiger partial charge in [0.2, 0.25) is 15.9 Å². The Morgan fingerprint density at radius 3 is 2.52 bits per heavy atom. The van der Waals surface area contributed by atoms with Crippen LogP contribution in [0.3, 0.4) is 0 Å². The molecule has 7 nitrogen and oxygen atoms in total. The summed E-state index contributed by atoms with van der Waals surface area (Å²) in [5.41, 5.74) is 2.94. The van der Waals surface area contributed by atoms with Crippen LogP contribution in [-0.2, 0) is 14.8 Å². The maximum atomic E-state index is 12.7. The van der Waals surface area contributed by atoms with Crippen LogP contribution < -0.4 is 10.2 Å². The van der Waals surface area contributed by atoms with E-state index in [1.165, 1.54) is 10.5 Å². The molecule has 8 heteroatoms. The second-order valence-electron chi connectivity index (χ2n) is 7.47. The number of nitrogens with one attached hydrogen (secondary N) is 1. The third-order valence-corrected chi connectivity index (χ3v) is 7.21. The molecule has 0 radical (unpaired) electrons. The van der Waals surface area contributed by atoms with Crippen LogP contribution in [0.4, 0.5) is 11.5 Å². The summed E-state index contributed by atoms with van der Waals surface area (Å²) in [6, 6.07) is 8.98. The monoisotopic (exact) mass is 416 g/mol. The van der Waals surface area contributed by atoms with E-state index < -0.39 is 10.0 Å². The van der Waals surface area contributed by atoms with Gasteiger partial charge in [0.25, 0.3) is 0 Å². The lowest BCUT2D eigenvalue weighted by atomic mass is 10.1. The number of aromatic nitrogens is 1. The molecular weight excluding hydrogens is 388 g/mol. The molecule has 0 bridgehead atoms. The summed E-state index contributed by atoms with van der Waals surface area (Å²) in [6.07, 6.45) is 4.22. The van der Waals surface area contributed by atoms with Gasteiger partial charge < -0.3 is 10.2 Å². The molecule has 1 fully saturated rings. The minimum absolute atomic E-state index is 0.110. The summed E-state index contributed by atoms with van der Waals surface area (Å²) in [4.78, 5) is 18.6. The maximum Gasteiger partial charge on any atom is 0.244 e. The van der Waals surface area contributed by atoms with Crippen molar-refractivity contribution >= 4 is 27.4 Å². The van der Waals surface area contributed by atoms with Crippen LogP contribution in [0.5, 0.6) is 0 Å². The van der Waals surface area contributed by atoms with Crippen molar-refractivity contribution in [3.8, 4) is 0 Å². The van der Waals surface area contributed by atoms with Crippen molar-refractivity contribution in [2.45, 2.75) is 38.0 Å². The number of hydrogen-bond acceptors (Lipinski definition) is 5. The number of rotatable bonds is 6. The molecule has 0 saturated carbocycles. The van der Waals surface area contributed by atoms with Crippen LogP contribution in [0.1, 0.15) is 30.4 Å². The van der Waals surface area contributed by atoms with Crippen molar-refractivity contribution in [3.63, 3.8) is 0 Å². The van der Waals surface area contributed by atoms with Crippen LogP contribution in [-0.4, -0.2) is 50.3 Å². The molecule has 1 aliphatic heterocycles. The Morgan fingerprint density at radius 1 is 1.14 bits per heavy atom. The lowest BCUT2D eigenvalue weighted by molar-refractivity contribution is -0.114. The van der Waals surface area contributed by atoms with E-state index in [2.05, 4.69) is 10.3 Å². The van der Waals surface area contributed by atoms with Gasteiger partial charge in [-0.05, 0) is 56.0 Å². The molecule has 29 heavy (non-hydrogen) atoms. The topological polar surface area (TPSA) is 82.6 Å². The van der Waals surface area contributed by atoms with Crippen LogP contribution >= 0.6 is 0 Å². The number of aryl methyl sites for hydroxylation is 1. The molecule has 0 spiro atoms. The molecule has 1 aromatic heterocycles. The highest BCUT2D eigenvalue weighted by Gasteiger charge is 2.26. The first kappa shape index (κ1) is 21.3. The molecular formula is C21H28N4O3S. The van der Waals surface area contributed by atoms with E-state index >= 15 is 0 Å². The maximum absolute atomic E-state index is 12.7. The quantitative estimate of drug-likeness (QED) is 0.783. The summed E-state index contributed by atoms with van der Waals surface area (Å²) in [7, 11) is -1.75. The van der Waals surface area contributed by atoms with Gasteiger partial charge in [-0.3, -0.25) is 4.79 Å². The number of likely N-dealkylation sites (N-methyl/N-ethyl adjacent to an activating group) is 1. The Morgan fingerprint density at radius 2 is 1.86 bits per heavy atom. The van der Waals surface area contributed by atoms with E-state index in [9.17, 15) is 13.2 Å². The van der Waals surface area contributed by atoms with Gasteiger partial charge in [0.05, 0.1) is 6.54 Å². The second kappa shape index (κ2) is 8.92. The molecule has 0 unspecified atom stereocenters. The molecule has 1 amide bonds. The average molecular weight is 417 g/mol. The van der Waals surface area contributed by atoms with Crippen molar-refractivity contribution in [2.75, 3.05) is 36.9 Å². The van der Waals surface area contributed by atoms with E-state index in [1.54, 1.807) is 24.1 Å². The summed E-state index contributed by atoms with van der Waals surface area (Å²) in [5, 5.41) is 2.92. The zero-order valence-electron chi connectivity index (χ0n) is 17.2. The first-order valence-electron chi connectivity index (χ1n) is 9.82. The first-order valence-corrected chi connectivity index (χ1v) is 11.3. The highest BCUT2D eigenvalue weighted by molar-refractivity contribution is 7.89. The normalized spacial score (nSPS) is 15.1. The van der Waals surface area contributed by atoms with Gasteiger partial charge in [-0.25, -0.2) is 13.4 Å². The number of amides is 1. The summed E-state index contributed by atoms with van der Waals surface area (Å²) >= 11 is 0. The van der Waals surface area contributed by atoms with Crippen molar-refractivity contribution in [1.29, 1.82) is 0 Å². The number of nitrogens with zero attached hydrogens (tertiary/aromatic N) is 3. The number of anilines is 2. The van der Waals surface area contributed by atoms with Gasteiger partial charge in [-0.15, -0.1) is 0 Å². The second-order valence-corrected chi connectivity index (χ2v) is 9.41. The molecule has 1 N–H and O–H groups in total. The van der Waals surface area contributed by atoms with E-state index in [0.29, 0.717) is 18.9 Å². The number of pyridine rings is 1. The lowest BCUT2D eigenvalue weighted by Crippen LogP contribution is -2.35. The highest BCUT2D eigenvalue weighted by Crippen LogP contribution is 2.22. The van der Waals surface area contributed by atoms with Crippen LogP contribution in [0.2, 0.25) is 0 Å². The predicted molar refractivity (Wildman–Crippen MR) is 115 cm³/mol. The van der Waals surface area contributed by atoms with Crippen LogP contribution in [0.15, 0.2) is 41.4 Å². The SMILES string of the molecule is Cc1cccc(NC(=O)CN(C)c2ccc(S(=O)(=O)N3CCCCC3)cn2)c1C. The van der Waals surface area contributed by atoms with Gasteiger partial charge in [0.15, 0.2) is 0 Å². The van der Waals surface area contributed by atoms with Gasteiger partial charge in [0, 0.05) is 32.0 Å². The molecule has 0 atom stereocenters. The van der Waals surface area contributed by atoms with Crippen LogP contribution in [0.25, 0.3) is 0 Å². The zero-order valence-corrected chi connectivity index (χ0v) is 18.0. The van der Waals surface area contributed by atoms with Gasteiger partial charge in [-0.1, -0.05) is 18.6 Å². The van der Waals surface area contributed by atoms with Gasteiger partial charge in [0.1, 0.15) is 10.7 Å². The Kier molecular flexibility index (Phi) is 6.54. The fraction of sp³-hybridized carbons (Fsp3) is 0.429. The largest absolute Gasteiger partial charge is 0.350 e. The Balaban J connectivity index is 1.64. The Bertz CT molecular complexity index is 968. The number of carbonyl (C=O) groups is 1. The molecule has 1 aliphatic rings. The standard InChI is InChI=1S/C21H28N4O3S/c1-16-8-7-9-19(17(16)2)23-21(26)15-24(3)20-11-10-18(14-22-20)29(27,28)25-12-5-4-6-13-25/h7-11,14H,4-6,12-13,15H2,1-3H3,(H,23,26). The van der Waals surface area contributed by atoms with Gasteiger partial charge >= 0.3 is 0 Å². The number of piperidine rings is 1. The predicted octanol–water partition coefficient (Wildman–Crippen LogP) is 2.95. The summed E-state index contributed by atoms with van der Waals surface area (Å²) in [6.45, 7) is 5.20. The average Bonchev–Trinajstić information content (AvgIpc) is 2.72. The highest BCUT2D eigenvalue weighted by atomic mass is 32.2. The molecule has 0 aliphatic carbocycles. The van der Waals surface area contributed by atoms with E-state index in [-0.39, 0.29) is 17.3 Å². The van der Waals surface area contributed by atoms with E-state index in [0.717, 1.165) is 36.1 Å². The Hall–Kier alpha value is -2.45. The molecule has 3 rings (SSSR count). The van der Waals surface area contributed by atoms with E-state index in [4.69, 9.17) is 0 Å². The fourth-order valence-corrected chi connectivity index (χ4v) is 4.84. The third-order valence-electron chi connectivity index (χ3n) is 5.32. The first-order chi connectivity index (χ1) is 13.8. The molecule has 2 heterocycles. The molecule has 2 aromatic rings. The van der Waals surface area contributed by atoms with Crippen molar-refractivity contribution in [2.24, 2.45) is 0 Å². The van der Waals surface area contributed by atoms with Crippen molar-refractivity contribution < 1.29 is 13.2 Å². The Labute approximate surface area is 172 Å². The lowest BCUT2D eigenvalue weighted by Gasteiger charge is -2.26. The number of benzene rings is 1. The van der Waals surface area contributed by atoms with Crippen molar-refractivity contribution in [3.05, 3.63) is 47.7 Å². The molecule has 156 valence electrons. The van der Waals surface area contributed by atoms with Gasteiger partial charge in [-0.2, -0.15) is 4.31 Å². The van der Waals surface area contributed by atoms with E-state index in [1.807, 2.05) is 32.0 Å². The number of sulfonamides is 1. The minimum Gasteiger partial charge on any atom is -0.350 e. The summed E-state index contributed by atoms with van der Waals surface area (Å²) < 4.78 is 27.0. The minimum atomic E-state index is -3.50. The third kappa shape index (κ3) is 4.94. The van der Waals surface area contributed by atoms with Crippen molar-refractivity contribution in [1.82, 2.24) is 9.29 Å².